The number of rotatable bonds is 8. The summed E-state index contributed by atoms with van der Waals surface area (Å²) >= 11 is 0. The molecular weight excluding hydrogens is 517 g/mol. The van der Waals surface area contributed by atoms with Crippen molar-refractivity contribution >= 4 is 35.6 Å². The van der Waals surface area contributed by atoms with Crippen molar-refractivity contribution in [2.75, 3.05) is 31.6 Å². The van der Waals surface area contributed by atoms with E-state index in [-0.39, 0.29) is 41.5 Å². The van der Waals surface area contributed by atoms with Crippen molar-refractivity contribution < 1.29 is 18.3 Å². The molecule has 9 heteroatoms. The van der Waals surface area contributed by atoms with E-state index in [0.29, 0.717) is 12.5 Å². The summed E-state index contributed by atoms with van der Waals surface area (Å²) in [6.45, 7) is 2.02. The van der Waals surface area contributed by atoms with Crippen molar-refractivity contribution in [1.29, 1.82) is 0 Å². The van der Waals surface area contributed by atoms with Gasteiger partial charge in [0, 0.05) is 31.4 Å². The summed E-state index contributed by atoms with van der Waals surface area (Å²) < 4.78 is 34.9. The first-order chi connectivity index (χ1) is 14.6. The lowest BCUT2D eigenvalue weighted by molar-refractivity contribution is -0.0512. The van der Waals surface area contributed by atoms with Crippen LogP contribution in [-0.2, 0) is 6.54 Å². The lowest BCUT2D eigenvalue weighted by Gasteiger charge is -2.20. The van der Waals surface area contributed by atoms with Crippen LogP contribution in [0.25, 0.3) is 0 Å². The van der Waals surface area contributed by atoms with Crippen LogP contribution in [0.4, 0.5) is 14.5 Å². The fourth-order valence-electron chi connectivity index (χ4n) is 3.44. The fraction of sp³-hybridized carbons (Fsp3) is 0.409. The third-order valence-electron chi connectivity index (χ3n) is 4.86. The first kappa shape index (κ1) is 25.0. The van der Waals surface area contributed by atoms with Gasteiger partial charge < -0.3 is 25.0 Å². The second-order valence-corrected chi connectivity index (χ2v) is 6.97. The summed E-state index contributed by atoms with van der Waals surface area (Å²) in [7, 11) is 1.42. The third kappa shape index (κ3) is 7.41. The van der Waals surface area contributed by atoms with E-state index in [2.05, 4.69) is 37.4 Å². The Bertz CT molecular complexity index is 840. The molecule has 0 saturated carbocycles. The van der Waals surface area contributed by atoms with Crippen LogP contribution in [0.15, 0.2) is 53.5 Å². The maximum absolute atomic E-state index is 12.6. The number of nitrogens with zero attached hydrogens (tertiary/aromatic N) is 2. The smallest absolute Gasteiger partial charge is 0.387 e. The third-order valence-corrected chi connectivity index (χ3v) is 4.86. The number of halogens is 3. The average molecular weight is 546 g/mol. The SMILES string of the molecule is CCNC(=NCc1ccc(OC)c(OC(F)F)c1)NC1CCN(c2ccccc2)C1.I. The van der Waals surface area contributed by atoms with Gasteiger partial charge in [-0.3, -0.25) is 0 Å². The lowest BCUT2D eigenvalue weighted by Crippen LogP contribution is -2.44. The topological polar surface area (TPSA) is 58.1 Å². The predicted molar refractivity (Wildman–Crippen MR) is 130 cm³/mol. The van der Waals surface area contributed by atoms with Crippen molar-refractivity contribution in [2.24, 2.45) is 4.99 Å². The minimum atomic E-state index is -2.91. The molecule has 1 atom stereocenters. The highest BCUT2D eigenvalue weighted by atomic mass is 127. The van der Waals surface area contributed by atoms with E-state index in [9.17, 15) is 8.78 Å². The molecule has 1 aliphatic heterocycles. The van der Waals surface area contributed by atoms with Crippen molar-refractivity contribution in [3.8, 4) is 11.5 Å². The van der Waals surface area contributed by atoms with E-state index in [1.807, 2.05) is 25.1 Å². The molecule has 0 spiro atoms. The summed E-state index contributed by atoms with van der Waals surface area (Å²) in [5, 5.41) is 6.73. The number of aliphatic imine (C=N–C) groups is 1. The van der Waals surface area contributed by atoms with E-state index in [0.717, 1.165) is 31.6 Å². The molecule has 31 heavy (non-hydrogen) atoms. The number of alkyl halides is 2. The predicted octanol–water partition coefficient (Wildman–Crippen LogP) is 4.25. The van der Waals surface area contributed by atoms with Crippen LogP contribution < -0.4 is 25.0 Å². The van der Waals surface area contributed by atoms with Gasteiger partial charge in [0.25, 0.3) is 0 Å². The Morgan fingerprint density at radius 1 is 1.19 bits per heavy atom. The van der Waals surface area contributed by atoms with Gasteiger partial charge in [-0.1, -0.05) is 24.3 Å². The zero-order valence-electron chi connectivity index (χ0n) is 17.7. The molecule has 2 N–H and O–H groups in total. The molecular formula is C22H29F2IN4O2. The highest BCUT2D eigenvalue weighted by molar-refractivity contribution is 14.0. The summed E-state index contributed by atoms with van der Waals surface area (Å²) in [6, 6.07) is 15.5. The fourth-order valence-corrected chi connectivity index (χ4v) is 3.44. The van der Waals surface area contributed by atoms with Gasteiger partial charge in [-0.25, -0.2) is 4.99 Å². The summed E-state index contributed by atoms with van der Waals surface area (Å²) in [5.74, 6) is 0.969. The number of guanidine groups is 1. The summed E-state index contributed by atoms with van der Waals surface area (Å²) in [5.41, 5.74) is 1.97. The van der Waals surface area contributed by atoms with Crippen LogP contribution in [0.3, 0.4) is 0 Å². The van der Waals surface area contributed by atoms with Crippen LogP contribution in [0.1, 0.15) is 18.9 Å². The Kier molecular flexibility index (Phi) is 10.1. The molecule has 3 rings (SSSR count). The van der Waals surface area contributed by atoms with Crippen LogP contribution >= 0.6 is 24.0 Å². The van der Waals surface area contributed by atoms with Gasteiger partial charge >= 0.3 is 6.61 Å². The molecule has 0 bridgehead atoms. The molecule has 1 saturated heterocycles. The molecule has 1 aliphatic rings. The van der Waals surface area contributed by atoms with E-state index in [4.69, 9.17) is 4.74 Å². The number of anilines is 1. The molecule has 2 aromatic carbocycles. The number of para-hydroxylation sites is 1. The van der Waals surface area contributed by atoms with E-state index >= 15 is 0 Å². The van der Waals surface area contributed by atoms with Gasteiger partial charge in [0.15, 0.2) is 17.5 Å². The maximum atomic E-state index is 12.6. The molecule has 6 nitrogen and oxygen atoms in total. The standard InChI is InChI=1S/C22H28F2N4O2.HI/c1-3-25-22(27-17-11-12-28(15-17)18-7-5-4-6-8-18)26-14-16-9-10-19(29-2)20(13-16)30-21(23)24;/h4-10,13,17,21H,3,11-12,14-15H2,1-2H3,(H2,25,26,27);1H. The number of benzene rings is 2. The minimum Gasteiger partial charge on any atom is -0.493 e. The molecule has 2 aromatic rings. The molecule has 0 amide bonds. The number of hydrogen-bond acceptors (Lipinski definition) is 4. The number of hydrogen-bond donors (Lipinski definition) is 2. The van der Waals surface area contributed by atoms with Gasteiger partial charge in [-0.05, 0) is 43.2 Å². The van der Waals surface area contributed by atoms with Gasteiger partial charge in [-0.2, -0.15) is 8.78 Å². The first-order valence-corrected chi connectivity index (χ1v) is 10.1. The minimum absolute atomic E-state index is 0. The van der Waals surface area contributed by atoms with E-state index in [1.54, 1.807) is 12.1 Å². The summed E-state index contributed by atoms with van der Waals surface area (Å²) in [4.78, 5) is 6.96. The van der Waals surface area contributed by atoms with Crippen LogP contribution in [0.5, 0.6) is 11.5 Å². The molecule has 0 aliphatic carbocycles. The van der Waals surface area contributed by atoms with Gasteiger partial charge in [0.05, 0.1) is 13.7 Å². The molecule has 1 heterocycles. The van der Waals surface area contributed by atoms with Crippen molar-refractivity contribution in [3.05, 3.63) is 54.1 Å². The Morgan fingerprint density at radius 3 is 2.65 bits per heavy atom. The summed E-state index contributed by atoms with van der Waals surface area (Å²) in [6.07, 6.45) is 1.01. The Morgan fingerprint density at radius 2 is 1.97 bits per heavy atom. The van der Waals surface area contributed by atoms with Crippen molar-refractivity contribution in [3.63, 3.8) is 0 Å². The molecule has 1 unspecified atom stereocenters. The number of nitrogens with one attached hydrogen (secondary N) is 2. The molecule has 170 valence electrons. The zero-order chi connectivity index (χ0) is 21.3. The Balaban J connectivity index is 0.00000341. The number of ether oxygens (including phenoxy) is 2. The van der Waals surface area contributed by atoms with Gasteiger partial charge in [-0.15, -0.1) is 24.0 Å². The first-order valence-electron chi connectivity index (χ1n) is 10.1. The van der Waals surface area contributed by atoms with Crippen LogP contribution in [0, 0.1) is 0 Å². The number of methoxy groups -OCH3 is 1. The van der Waals surface area contributed by atoms with E-state index in [1.165, 1.54) is 18.9 Å². The Hall–Kier alpha value is -2.30. The monoisotopic (exact) mass is 546 g/mol. The van der Waals surface area contributed by atoms with Crippen LogP contribution in [0.2, 0.25) is 0 Å². The largest absolute Gasteiger partial charge is 0.493 e. The van der Waals surface area contributed by atoms with Crippen LogP contribution in [-0.4, -0.2) is 45.4 Å². The quantitative estimate of drug-likeness (QED) is 0.295. The highest BCUT2D eigenvalue weighted by Crippen LogP contribution is 2.29. The maximum Gasteiger partial charge on any atom is 0.387 e. The molecule has 1 fully saturated rings. The highest BCUT2D eigenvalue weighted by Gasteiger charge is 2.23. The Labute approximate surface area is 199 Å². The van der Waals surface area contributed by atoms with Gasteiger partial charge in [0.2, 0.25) is 0 Å². The molecule has 0 aromatic heterocycles. The second kappa shape index (κ2) is 12.5. The van der Waals surface area contributed by atoms with Crippen molar-refractivity contribution in [2.45, 2.75) is 32.5 Å². The van der Waals surface area contributed by atoms with E-state index < -0.39 is 6.61 Å². The van der Waals surface area contributed by atoms with Crippen molar-refractivity contribution in [1.82, 2.24) is 10.6 Å². The average Bonchev–Trinajstić information content (AvgIpc) is 3.21. The second-order valence-electron chi connectivity index (χ2n) is 6.97. The normalized spacial score (nSPS) is 16.1. The zero-order valence-corrected chi connectivity index (χ0v) is 20.0. The lowest BCUT2D eigenvalue weighted by atomic mass is 10.2. The van der Waals surface area contributed by atoms with Gasteiger partial charge in [0.1, 0.15) is 0 Å². The molecule has 0 radical (unpaired) electrons.